The van der Waals surface area contributed by atoms with Crippen LogP contribution in [0.4, 0.5) is 10.1 Å². The molecule has 2 aromatic carbocycles. The van der Waals surface area contributed by atoms with Crippen molar-refractivity contribution in [2.24, 2.45) is 0 Å². The number of carbonyl (C=O) groups is 2. The second kappa shape index (κ2) is 9.13. The number of nitrogens with one attached hydrogen (secondary N) is 1. The number of benzene rings is 2. The summed E-state index contributed by atoms with van der Waals surface area (Å²) in [7, 11) is 0. The molecule has 4 rings (SSSR count). The number of carbonyl (C=O) groups excluding carboxylic acids is 2. The van der Waals surface area contributed by atoms with E-state index in [4.69, 9.17) is 0 Å². The predicted octanol–water partition coefficient (Wildman–Crippen LogP) is 4.23. The van der Waals surface area contributed by atoms with Gasteiger partial charge in [-0.15, -0.1) is 10.2 Å². The molecule has 1 saturated heterocycles. The molecule has 0 radical (unpaired) electrons. The van der Waals surface area contributed by atoms with Gasteiger partial charge in [0.05, 0.1) is 6.04 Å². The third-order valence-electron chi connectivity index (χ3n) is 5.05. The van der Waals surface area contributed by atoms with Crippen LogP contribution in [0.1, 0.15) is 45.7 Å². The Morgan fingerprint density at radius 2 is 1.97 bits per heavy atom. The molecular formula is C22H21FN4O2S. The van der Waals surface area contributed by atoms with Gasteiger partial charge in [-0.1, -0.05) is 47.7 Å². The van der Waals surface area contributed by atoms with E-state index in [9.17, 15) is 14.0 Å². The zero-order chi connectivity index (χ0) is 20.9. The fourth-order valence-corrected chi connectivity index (χ4v) is 4.46. The lowest BCUT2D eigenvalue weighted by molar-refractivity contribution is -0.132. The molecular weight excluding hydrogens is 403 g/mol. The van der Waals surface area contributed by atoms with E-state index >= 15 is 0 Å². The Morgan fingerprint density at radius 1 is 1.13 bits per heavy atom. The Kier molecular flexibility index (Phi) is 6.13. The summed E-state index contributed by atoms with van der Waals surface area (Å²) in [6.07, 6.45) is 2.83. The van der Waals surface area contributed by atoms with Crippen molar-refractivity contribution in [1.29, 1.82) is 0 Å². The zero-order valence-electron chi connectivity index (χ0n) is 16.3. The number of rotatable bonds is 6. The first kappa shape index (κ1) is 20.2. The normalized spacial score (nSPS) is 15.9. The molecule has 1 N–H and O–H groups in total. The van der Waals surface area contributed by atoms with Gasteiger partial charge in [0.15, 0.2) is 0 Å². The van der Waals surface area contributed by atoms with E-state index < -0.39 is 11.7 Å². The van der Waals surface area contributed by atoms with Crippen LogP contribution in [0.2, 0.25) is 0 Å². The molecule has 0 saturated carbocycles. The molecule has 3 aromatic rings. The van der Waals surface area contributed by atoms with Crippen LogP contribution in [0.15, 0.2) is 54.6 Å². The van der Waals surface area contributed by atoms with Crippen molar-refractivity contribution in [2.45, 2.75) is 31.7 Å². The minimum absolute atomic E-state index is 0.0855. The van der Waals surface area contributed by atoms with Gasteiger partial charge in [-0.2, -0.15) is 0 Å². The van der Waals surface area contributed by atoms with Gasteiger partial charge in [-0.05, 0) is 43.0 Å². The lowest BCUT2D eigenvalue weighted by Crippen LogP contribution is -2.30. The number of aryl methyl sites for hydroxylation is 1. The zero-order valence-corrected chi connectivity index (χ0v) is 17.1. The van der Waals surface area contributed by atoms with Crippen molar-refractivity contribution in [1.82, 2.24) is 15.1 Å². The summed E-state index contributed by atoms with van der Waals surface area (Å²) in [6.45, 7) is 0.683. The lowest BCUT2D eigenvalue weighted by atomic mass is 10.1. The van der Waals surface area contributed by atoms with Crippen LogP contribution >= 0.6 is 11.3 Å². The van der Waals surface area contributed by atoms with Gasteiger partial charge in [0.1, 0.15) is 10.8 Å². The van der Waals surface area contributed by atoms with Gasteiger partial charge < -0.3 is 10.2 Å². The Bertz CT molecular complexity index is 1040. The lowest BCUT2D eigenvalue weighted by Gasteiger charge is -2.22. The second-order valence-corrected chi connectivity index (χ2v) is 8.15. The van der Waals surface area contributed by atoms with Gasteiger partial charge in [0, 0.05) is 18.7 Å². The molecule has 2 amide bonds. The smallest absolute Gasteiger partial charge is 0.286 e. The van der Waals surface area contributed by atoms with E-state index in [1.54, 1.807) is 6.07 Å². The van der Waals surface area contributed by atoms with Crippen molar-refractivity contribution in [3.05, 3.63) is 76.0 Å². The predicted molar refractivity (Wildman–Crippen MR) is 113 cm³/mol. The summed E-state index contributed by atoms with van der Waals surface area (Å²) in [4.78, 5) is 27.1. The minimum Gasteiger partial charge on any atom is -0.333 e. The van der Waals surface area contributed by atoms with Crippen molar-refractivity contribution in [3.8, 4) is 0 Å². The number of hydrogen-bond donors (Lipinski definition) is 1. The Labute approximate surface area is 177 Å². The molecule has 8 heteroatoms. The number of nitrogens with zero attached hydrogens (tertiary/aromatic N) is 3. The number of anilines is 1. The third-order valence-corrected chi connectivity index (χ3v) is 6.07. The second-order valence-electron chi connectivity index (χ2n) is 7.14. The molecule has 6 nitrogen and oxygen atoms in total. The number of likely N-dealkylation sites (tertiary alicyclic amines) is 1. The molecule has 154 valence electrons. The highest BCUT2D eigenvalue weighted by molar-refractivity contribution is 7.13. The van der Waals surface area contributed by atoms with E-state index in [1.165, 1.54) is 29.5 Å². The van der Waals surface area contributed by atoms with Crippen LogP contribution in [0, 0.1) is 5.82 Å². The maximum atomic E-state index is 13.3. The number of amides is 2. The summed E-state index contributed by atoms with van der Waals surface area (Å²) in [6, 6.07) is 15.5. The number of halogens is 1. The first-order valence-electron chi connectivity index (χ1n) is 9.84. The highest BCUT2D eigenvalue weighted by Gasteiger charge is 2.32. The molecule has 1 atom stereocenters. The van der Waals surface area contributed by atoms with E-state index in [1.807, 2.05) is 35.2 Å². The van der Waals surface area contributed by atoms with Gasteiger partial charge in [0.2, 0.25) is 10.9 Å². The summed E-state index contributed by atoms with van der Waals surface area (Å²) in [5.41, 5.74) is 1.49. The molecule has 30 heavy (non-hydrogen) atoms. The summed E-state index contributed by atoms with van der Waals surface area (Å²) >= 11 is 1.18. The largest absolute Gasteiger partial charge is 0.333 e. The first-order valence-corrected chi connectivity index (χ1v) is 10.7. The Morgan fingerprint density at radius 3 is 2.77 bits per heavy atom. The van der Waals surface area contributed by atoms with Gasteiger partial charge in [-0.3, -0.25) is 9.59 Å². The molecule has 1 aliphatic rings. The van der Waals surface area contributed by atoms with E-state index in [2.05, 4.69) is 15.5 Å². The third kappa shape index (κ3) is 4.71. The van der Waals surface area contributed by atoms with Gasteiger partial charge in [0.25, 0.3) is 5.91 Å². The van der Waals surface area contributed by atoms with Crippen molar-refractivity contribution in [3.63, 3.8) is 0 Å². The van der Waals surface area contributed by atoms with Gasteiger partial charge >= 0.3 is 0 Å². The number of aromatic nitrogens is 2. The van der Waals surface area contributed by atoms with Crippen molar-refractivity contribution < 1.29 is 14.0 Å². The molecule has 2 heterocycles. The Balaban J connectivity index is 1.40. The molecule has 0 aliphatic carbocycles. The summed E-state index contributed by atoms with van der Waals surface area (Å²) < 4.78 is 13.3. The topological polar surface area (TPSA) is 75.2 Å². The molecule has 1 aliphatic heterocycles. The van der Waals surface area contributed by atoms with Crippen LogP contribution in [-0.2, 0) is 11.2 Å². The van der Waals surface area contributed by atoms with Crippen molar-refractivity contribution >= 4 is 28.8 Å². The summed E-state index contributed by atoms with van der Waals surface area (Å²) in [5.74, 6) is -0.784. The maximum absolute atomic E-state index is 13.3. The van der Waals surface area contributed by atoms with Crippen LogP contribution < -0.4 is 5.32 Å². The quantitative estimate of drug-likeness (QED) is 0.643. The summed E-state index contributed by atoms with van der Waals surface area (Å²) in [5, 5.41) is 11.6. The van der Waals surface area contributed by atoms with Crippen LogP contribution in [0.3, 0.4) is 0 Å². The minimum atomic E-state index is -0.440. The highest BCUT2D eigenvalue weighted by atomic mass is 32.1. The molecule has 0 bridgehead atoms. The molecule has 1 fully saturated rings. The SMILES string of the molecule is O=C(Nc1cccc(F)c1)c1nnc([C@@H]2CCCN2C(=O)CCc2ccccc2)s1. The van der Waals surface area contributed by atoms with Gasteiger partial charge in [-0.25, -0.2) is 4.39 Å². The van der Waals surface area contributed by atoms with Crippen LogP contribution in [0.25, 0.3) is 0 Å². The fraction of sp³-hybridized carbons (Fsp3) is 0.273. The molecule has 0 unspecified atom stereocenters. The maximum Gasteiger partial charge on any atom is 0.286 e. The molecule has 1 aromatic heterocycles. The fourth-order valence-electron chi connectivity index (χ4n) is 3.57. The number of hydrogen-bond acceptors (Lipinski definition) is 5. The van der Waals surface area contributed by atoms with Crippen LogP contribution in [0.5, 0.6) is 0 Å². The van der Waals surface area contributed by atoms with E-state index in [0.29, 0.717) is 30.1 Å². The highest BCUT2D eigenvalue weighted by Crippen LogP contribution is 2.34. The molecule has 0 spiro atoms. The monoisotopic (exact) mass is 424 g/mol. The average Bonchev–Trinajstić information content (AvgIpc) is 3.42. The van der Waals surface area contributed by atoms with Crippen molar-refractivity contribution in [2.75, 3.05) is 11.9 Å². The Hall–Kier alpha value is -3.13. The standard InChI is InChI=1S/C22H21FN4O2S/c23-16-8-4-9-17(14-16)24-20(29)22-26-25-21(30-22)18-10-5-13-27(18)19(28)12-11-15-6-2-1-3-7-15/h1-4,6-9,14,18H,5,10-13H2,(H,24,29)/t18-/m0/s1. The van der Waals surface area contributed by atoms with E-state index in [0.717, 1.165) is 18.4 Å². The van der Waals surface area contributed by atoms with E-state index in [-0.39, 0.29) is 17.0 Å². The average molecular weight is 425 g/mol. The van der Waals surface area contributed by atoms with Crippen LogP contribution in [-0.4, -0.2) is 33.5 Å². The first-order chi connectivity index (χ1) is 14.6.